The van der Waals surface area contributed by atoms with Gasteiger partial charge in [0.15, 0.2) is 5.69 Å². The van der Waals surface area contributed by atoms with E-state index in [1.165, 1.54) is 13.1 Å². The fraction of sp³-hybridized carbons (Fsp3) is 0.400. The fourth-order valence-electron chi connectivity index (χ4n) is 4.27. The van der Waals surface area contributed by atoms with Gasteiger partial charge in [0.05, 0.1) is 5.69 Å². The van der Waals surface area contributed by atoms with E-state index in [1.54, 1.807) is 34.9 Å². The number of carboxylic acids is 1. The van der Waals surface area contributed by atoms with Crippen LogP contribution in [0.3, 0.4) is 0 Å². The lowest BCUT2D eigenvalue weighted by Crippen LogP contribution is -2.49. The third-order valence-electron chi connectivity index (χ3n) is 6.42. The summed E-state index contributed by atoms with van der Waals surface area (Å²) in [5.41, 5.74) is 0.444. The van der Waals surface area contributed by atoms with Gasteiger partial charge < -0.3 is 9.84 Å². The van der Waals surface area contributed by atoms with Gasteiger partial charge in [0.25, 0.3) is 0 Å². The van der Waals surface area contributed by atoms with E-state index in [0.717, 1.165) is 35.8 Å². The number of rotatable bonds is 6. The third-order valence-corrected chi connectivity index (χ3v) is 6.42. The first kappa shape index (κ1) is 24.2. The van der Waals surface area contributed by atoms with Crippen molar-refractivity contribution in [2.75, 3.05) is 0 Å². The van der Waals surface area contributed by atoms with Crippen molar-refractivity contribution in [3.05, 3.63) is 74.2 Å². The molecule has 3 aromatic rings. The van der Waals surface area contributed by atoms with Crippen LogP contribution in [0.4, 0.5) is 5.69 Å². The Hall–Kier alpha value is -3.95. The number of aromatic carboxylic acids is 1. The van der Waals surface area contributed by atoms with Crippen LogP contribution in [-0.4, -0.2) is 30.2 Å². The SMILES string of the molecule is Cc1cc(/N=c2\[nH]c(=O)n(C)c(=O)n2C[C@H]2CC[C@H](C)CC2)ccc1Oc1cccc(C(=O)O)n1. The summed E-state index contributed by atoms with van der Waals surface area (Å²) in [7, 11) is 1.45. The molecular formula is C25H29N5O5. The maximum absolute atomic E-state index is 12.9. The number of ether oxygens (including phenoxy) is 1. The van der Waals surface area contributed by atoms with Gasteiger partial charge in [-0.15, -0.1) is 0 Å². The first-order valence-corrected chi connectivity index (χ1v) is 11.6. The standard InChI is InChI=1S/C25H29N5O5/c1-15-7-9-17(10-8-15)14-30-23(28-24(33)29(3)25(30)34)26-18-11-12-20(16(2)13-18)35-21-6-4-5-19(27-21)22(31)32/h4-6,11-13,15,17H,7-10,14H2,1-3H3,(H,31,32)(H,26,28,33)/t15-,17-. The summed E-state index contributed by atoms with van der Waals surface area (Å²) in [6.07, 6.45) is 4.34. The summed E-state index contributed by atoms with van der Waals surface area (Å²) in [6, 6.07) is 9.67. The molecule has 4 rings (SSSR count). The number of H-pyrrole nitrogens is 1. The van der Waals surface area contributed by atoms with Gasteiger partial charge in [-0.05, 0) is 61.4 Å². The Morgan fingerprint density at radius 1 is 1.20 bits per heavy atom. The minimum Gasteiger partial charge on any atom is -0.477 e. The highest BCUT2D eigenvalue weighted by atomic mass is 16.5. The molecule has 10 nitrogen and oxygen atoms in total. The number of hydrogen-bond donors (Lipinski definition) is 2. The van der Waals surface area contributed by atoms with E-state index in [0.29, 0.717) is 29.8 Å². The number of aromatic nitrogens is 4. The highest BCUT2D eigenvalue weighted by Crippen LogP contribution is 2.29. The Morgan fingerprint density at radius 3 is 2.63 bits per heavy atom. The van der Waals surface area contributed by atoms with Crippen molar-refractivity contribution >= 4 is 11.7 Å². The Labute approximate surface area is 201 Å². The second-order valence-electron chi connectivity index (χ2n) is 9.16. The minimum absolute atomic E-state index is 0.113. The van der Waals surface area contributed by atoms with Crippen LogP contribution in [0.5, 0.6) is 11.6 Å². The number of pyridine rings is 1. The Kier molecular flexibility index (Phi) is 6.99. The summed E-state index contributed by atoms with van der Waals surface area (Å²) < 4.78 is 8.36. The number of benzene rings is 1. The fourth-order valence-corrected chi connectivity index (χ4v) is 4.27. The van der Waals surface area contributed by atoms with E-state index in [-0.39, 0.29) is 17.2 Å². The number of nitrogens with zero attached hydrogens (tertiary/aromatic N) is 4. The summed E-state index contributed by atoms with van der Waals surface area (Å²) in [6.45, 7) is 4.57. The molecule has 0 aliphatic heterocycles. The van der Waals surface area contributed by atoms with Crippen LogP contribution in [0, 0.1) is 18.8 Å². The van der Waals surface area contributed by atoms with Crippen LogP contribution in [-0.2, 0) is 13.6 Å². The van der Waals surface area contributed by atoms with Crippen LogP contribution in [0.25, 0.3) is 0 Å². The van der Waals surface area contributed by atoms with Crippen LogP contribution in [0.1, 0.15) is 48.7 Å². The Balaban J connectivity index is 1.65. The molecule has 0 atom stereocenters. The van der Waals surface area contributed by atoms with Crippen LogP contribution < -0.4 is 21.7 Å². The zero-order valence-electron chi connectivity index (χ0n) is 20.0. The molecular weight excluding hydrogens is 450 g/mol. The zero-order chi connectivity index (χ0) is 25.1. The smallest absolute Gasteiger partial charge is 0.354 e. The molecule has 0 unspecified atom stereocenters. The molecule has 0 spiro atoms. The van der Waals surface area contributed by atoms with Crippen LogP contribution in [0.2, 0.25) is 0 Å². The topological polar surface area (TPSA) is 132 Å². The quantitative estimate of drug-likeness (QED) is 0.558. The summed E-state index contributed by atoms with van der Waals surface area (Å²) in [5, 5.41) is 9.12. The Morgan fingerprint density at radius 2 is 1.94 bits per heavy atom. The lowest BCUT2D eigenvalue weighted by molar-refractivity contribution is 0.0689. The molecule has 2 heterocycles. The maximum Gasteiger partial charge on any atom is 0.354 e. The molecule has 35 heavy (non-hydrogen) atoms. The molecule has 2 N–H and O–H groups in total. The van der Waals surface area contributed by atoms with E-state index in [1.807, 2.05) is 6.92 Å². The predicted octanol–water partition coefficient (Wildman–Crippen LogP) is 3.13. The summed E-state index contributed by atoms with van der Waals surface area (Å²) >= 11 is 0. The number of aromatic amines is 1. The van der Waals surface area contributed by atoms with Crippen molar-refractivity contribution in [3.63, 3.8) is 0 Å². The average Bonchev–Trinajstić information content (AvgIpc) is 2.83. The van der Waals surface area contributed by atoms with E-state index in [4.69, 9.17) is 9.84 Å². The largest absolute Gasteiger partial charge is 0.477 e. The maximum atomic E-state index is 12.9. The van der Waals surface area contributed by atoms with Crippen molar-refractivity contribution in [1.82, 2.24) is 19.1 Å². The molecule has 0 amide bonds. The molecule has 0 bridgehead atoms. The van der Waals surface area contributed by atoms with Crippen molar-refractivity contribution in [1.29, 1.82) is 0 Å². The van der Waals surface area contributed by atoms with Gasteiger partial charge in [0.2, 0.25) is 11.5 Å². The Bertz CT molecular complexity index is 1430. The zero-order valence-corrected chi connectivity index (χ0v) is 20.0. The van der Waals surface area contributed by atoms with Crippen molar-refractivity contribution in [2.24, 2.45) is 23.9 Å². The lowest BCUT2D eigenvalue weighted by atomic mass is 9.83. The van der Waals surface area contributed by atoms with E-state index >= 15 is 0 Å². The molecule has 184 valence electrons. The average molecular weight is 480 g/mol. The molecule has 1 aromatic carbocycles. The summed E-state index contributed by atoms with van der Waals surface area (Å²) in [4.78, 5) is 47.6. The monoisotopic (exact) mass is 479 g/mol. The van der Waals surface area contributed by atoms with E-state index in [9.17, 15) is 14.4 Å². The predicted molar refractivity (Wildman–Crippen MR) is 129 cm³/mol. The van der Waals surface area contributed by atoms with Gasteiger partial charge >= 0.3 is 17.3 Å². The number of aryl methyl sites for hydroxylation is 1. The highest BCUT2D eigenvalue weighted by molar-refractivity contribution is 5.85. The van der Waals surface area contributed by atoms with Gasteiger partial charge in [-0.2, -0.15) is 0 Å². The second-order valence-corrected chi connectivity index (χ2v) is 9.16. The molecule has 1 saturated carbocycles. The van der Waals surface area contributed by atoms with Crippen molar-refractivity contribution in [3.8, 4) is 11.6 Å². The lowest BCUT2D eigenvalue weighted by Gasteiger charge is -2.26. The van der Waals surface area contributed by atoms with E-state index < -0.39 is 17.3 Å². The first-order chi connectivity index (χ1) is 16.7. The molecule has 10 heteroatoms. The van der Waals surface area contributed by atoms with Gasteiger partial charge in [-0.1, -0.05) is 25.8 Å². The molecule has 1 aliphatic carbocycles. The molecule has 1 fully saturated rings. The number of hydrogen-bond acceptors (Lipinski definition) is 6. The van der Waals surface area contributed by atoms with Gasteiger partial charge in [-0.3, -0.25) is 9.55 Å². The molecule has 0 saturated heterocycles. The number of carboxylic acid groups (broad SMARTS) is 1. The third kappa shape index (κ3) is 5.59. The molecule has 0 radical (unpaired) electrons. The second kappa shape index (κ2) is 10.1. The van der Waals surface area contributed by atoms with Crippen molar-refractivity contribution in [2.45, 2.75) is 46.1 Å². The minimum atomic E-state index is -1.14. The normalized spacial score (nSPS) is 18.4. The summed E-state index contributed by atoms with van der Waals surface area (Å²) in [5.74, 6) is 0.564. The molecule has 2 aromatic heterocycles. The molecule has 1 aliphatic rings. The van der Waals surface area contributed by atoms with Gasteiger partial charge in [0, 0.05) is 19.7 Å². The van der Waals surface area contributed by atoms with E-state index in [2.05, 4.69) is 21.9 Å². The number of carbonyl (C=O) groups is 1. The highest BCUT2D eigenvalue weighted by Gasteiger charge is 2.20. The van der Waals surface area contributed by atoms with Crippen LogP contribution in [0.15, 0.2) is 51.0 Å². The first-order valence-electron chi connectivity index (χ1n) is 11.6. The van der Waals surface area contributed by atoms with Crippen LogP contribution >= 0.6 is 0 Å². The number of nitrogens with one attached hydrogen (secondary N) is 1. The van der Waals surface area contributed by atoms with Gasteiger partial charge in [0.1, 0.15) is 5.75 Å². The van der Waals surface area contributed by atoms with Gasteiger partial charge in [-0.25, -0.2) is 28.9 Å². The van der Waals surface area contributed by atoms with Crippen molar-refractivity contribution < 1.29 is 14.6 Å².